The van der Waals surface area contributed by atoms with Gasteiger partial charge in [-0.25, -0.2) is 0 Å². The van der Waals surface area contributed by atoms with Gasteiger partial charge >= 0.3 is 18.1 Å². The van der Waals surface area contributed by atoms with Crippen LogP contribution in [0.25, 0.3) is 0 Å². The first-order chi connectivity index (χ1) is 9.73. The van der Waals surface area contributed by atoms with Crippen molar-refractivity contribution in [2.24, 2.45) is 11.8 Å². The quantitative estimate of drug-likeness (QED) is 0.569. The smallest absolute Gasteiger partial charge is 0.389 e. The largest absolute Gasteiger partial charge is 0.481 e. The van der Waals surface area contributed by atoms with Crippen LogP contribution in [0.5, 0.6) is 0 Å². The molecule has 128 valence electrons. The predicted molar refractivity (Wildman–Crippen MR) is 75.2 cm³/mol. The van der Waals surface area contributed by atoms with E-state index in [-0.39, 0.29) is 6.42 Å². The van der Waals surface area contributed by atoms with Crippen LogP contribution in [0.4, 0.5) is 13.2 Å². The second-order valence-corrected chi connectivity index (χ2v) is 6.40. The molecule has 0 aromatic rings. The Kier molecular flexibility index (Phi) is 7.12. The summed E-state index contributed by atoms with van der Waals surface area (Å²) in [5.74, 6) is -4.91. The molecule has 0 amide bonds. The van der Waals surface area contributed by atoms with Crippen molar-refractivity contribution in [2.45, 2.75) is 58.7 Å². The molecule has 0 radical (unpaired) electrons. The van der Waals surface area contributed by atoms with E-state index in [1.165, 1.54) is 0 Å². The average Bonchev–Trinajstić information content (AvgIpc) is 2.22. The standard InChI is InChI=1S/C15H23F3O4/c1-9(2)8-11(13(21)22-14(3,4)5)10(12(19)20)6-7-15(16,17)18/h10-11H,1,6-8H2,2-5H3,(H,19,20). The Balaban J connectivity index is 5.27. The van der Waals surface area contributed by atoms with Crippen LogP contribution in [0.3, 0.4) is 0 Å². The molecule has 0 aliphatic rings. The first-order valence-corrected chi connectivity index (χ1v) is 6.89. The summed E-state index contributed by atoms with van der Waals surface area (Å²) in [6.45, 7) is 10.0. The van der Waals surface area contributed by atoms with E-state index in [2.05, 4.69) is 6.58 Å². The lowest BCUT2D eigenvalue weighted by atomic mass is 9.84. The third-order valence-electron chi connectivity index (χ3n) is 2.82. The number of alkyl halides is 3. The predicted octanol–water partition coefficient (Wildman–Crippen LogP) is 3.95. The topological polar surface area (TPSA) is 63.6 Å². The van der Waals surface area contributed by atoms with Gasteiger partial charge in [0.15, 0.2) is 0 Å². The van der Waals surface area contributed by atoms with E-state index in [0.717, 1.165) is 0 Å². The van der Waals surface area contributed by atoms with Crippen molar-refractivity contribution < 1.29 is 32.6 Å². The van der Waals surface area contributed by atoms with Crippen LogP contribution >= 0.6 is 0 Å². The number of carboxylic acid groups (broad SMARTS) is 1. The van der Waals surface area contributed by atoms with E-state index in [4.69, 9.17) is 4.74 Å². The van der Waals surface area contributed by atoms with Gasteiger partial charge < -0.3 is 9.84 Å². The molecule has 1 N–H and O–H groups in total. The first kappa shape index (κ1) is 20.5. The zero-order valence-electron chi connectivity index (χ0n) is 13.3. The molecule has 0 spiro atoms. The number of carbonyl (C=O) groups is 2. The number of ether oxygens (including phenoxy) is 1. The number of esters is 1. The molecule has 0 rings (SSSR count). The molecule has 0 fully saturated rings. The van der Waals surface area contributed by atoms with Crippen molar-refractivity contribution >= 4 is 11.9 Å². The van der Waals surface area contributed by atoms with Crippen molar-refractivity contribution in [2.75, 3.05) is 0 Å². The third-order valence-corrected chi connectivity index (χ3v) is 2.82. The number of carbonyl (C=O) groups excluding carboxylic acids is 1. The highest BCUT2D eigenvalue weighted by molar-refractivity contribution is 5.81. The van der Waals surface area contributed by atoms with Crippen LogP contribution in [-0.2, 0) is 14.3 Å². The SMILES string of the molecule is C=C(C)CC(C(=O)OC(C)(C)C)C(CCC(F)(F)F)C(=O)O. The zero-order chi connectivity index (χ0) is 17.7. The minimum Gasteiger partial charge on any atom is -0.481 e. The molecule has 0 aliphatic carbocycles. The molecule has 2 atom stereocenters. The molecule has 0 aromatic carbocycles. The average molecular weight is 324 g/mol. The van der Waals surface area contributed by atoms with Gasteiger partial charge in [0.25, 0.3) is 0 Å². The molecule has 22 heavy (non-hydrogen) atoms. The summed E-state index contributed by atoms with van der Waals surface area (Å²) in [6, 6.07) is 0. The van der Waals surface area contributed by atoms with E-state index in [1.807, 2.05) is 0 Å². The minimum absolute atomic E-state index is 0.0241. The van der Waals surface area contributed by atoms with Crippen molar-refractivity contribution in [3.63, 3.8) is 0 Å². The third kappa shape index (κ3) is 8.69. The molecule has 0 bridgehead atoms. The fraction of sp³-hybridized carbons (Fsp3) is 0.733. The Labute approximate surface area is 128 Å². The Morgan fingerprint density at radius 3 is 2.00 bits per heavy atom. The lowest BCUT2D eigenvalue weighted by Crippen LogP contribution is -2.36. The van der Waals surface area contributed by atoms with Crippen LogP contribution in [0.2, 0.25) is 0 Å². The van der Waals surface area contributed by atoms with E-state index in [9.17, 15) is 27.9 Å². The Hall–Kier alpha value is -1.53. The second-order valence-electron chi connectivity index (χ2n) is 6.40. The highest BCUT2D eigenvalue weighted by Gasteiger charge is 2.39. The summed E-state index contributed by atoms with van der Waals surface area (Å²) >= 11 is 0. The fourth-order valence-corrected chi connectivity index (χ4v) is 1.96. The normalized spacial score (nSPS) is 15.0. The van der Waals surface area contributed by atoms with Crippen molar-refractivity contribution in [3.8, 4) is 0 Å². The number of hydrogen-bond donors (Lipinski definition) is 1. The molecular formula is C15H23F3O4. The van der Waals surface area contributed by atoms with Crippen LogP contribution in [0.15, 0.2) is 12.2 Å². The number of allylic oxidation sites excluding steroid dienone is 1. The van der Waals surface area contributed by atoms with Gasteiger partial charge in [-0.2, -0.15) is 13.2 Å². The van der Waals surface area contributed by atoms with Crippen LogP contribution in [0, 0.1) is 11.8 Å². The molecular weight excluding hydrogens is 301 g/mol. The monoisotopic (exact) mass is 324 g/mol. The van der Waals surface area contributed by atoms with Gasteiger partial charge in [-0.05, 0) is 40.5 Å². The molecule has 0 saturated heterocycles. The van der Waals surface area contributed by atoms with Crippen LogP contribution in [0.1, 0.15) is 47.0 Å². The Morgan fingerprint density at radius 1 is 1.18 bits per heavy atom. The van der Waals surface area contributed by atoms with E-state index in [1.54, 1.807) is 27.7 Å². The van der Waals surface area contributed by atoms with E-state index >= 15 is 0 Å². The lowest BCUT2D eigenvalue weighted by molar-refractivity contribution is -0.169. The molecule has 4 nitrogen and oxygen atoms in total. The minimum atomic E-state index is -4.48. The van der Waals surface area contributed by atoms with Gasteiger partial charge in [0.05, 0.1) is 11.8 Å². The summed E-state index contributed by atoms with van der Waals surface area (Å²) in [5, 5.41) is 9.20. The highest BCUT2D eigenvalue weighted by Crippen LogP contribution is 2.31. The number of hydrogen-bond acceptors (Lipinski definition) is 3. The number of halogens is 3. The number of carboxylic acids is 1. The molecule has 0 aliphatic heterocycles. The Bertz CT molecular complexity index is 421. The maximum Gasteiger partial charge on any atom is 0.389 e. The lowest BCUT2D eigenvalue weighted by Gasteiger charge is -2.27. The molecule has 0 saturated carbocycles. The van der Waals surface area contributed by atoms with Crippen molar-refractivity contribution in [3.05, 3.63) is 12.2 Å². The summed E-state index contributed by atoms with van der Waals surface area (Å²) in [5.41, 5.74) is -0.341. The number of aliphatic carboxylic acids is 1. The second kappa shape index (κ2) is 7.65. The number of rotatable bonds is 7. The highest BCUT2D eigenvalue weighted by atomic mass is 19.4. The maximum absolute atomic E-state index is 12.4. The molecule has 0 heterocycles. The van der Waals surface area contributed by atoms with Crippen LogP contribution < -0.4 is 0 Å². The summed E-state index contributed by atoms with van der Waals surface area (Å²) in [7, 11) is 0. The summed E-state index contributed by atoms with van der Waals surface area (Å²) < 4.78 is 42.2. The van der Waals surface area contributed by atoms with Gasteiger partial charge in [-0.15, -0.1) is 6.58 Å². The summed E-state index contributed by atoms with van der Waals surface area (Å²) in [4.78, 5) is 23.5. The maximum atomic E-state index is 12.4. The fourth-order valence-electron chi connectivity index (χ4n) is 1.96. The summed E-state index contributed by atoms with van der Waals surface area (Å²) in [6.07, 6.45) is -6.44. The van der Waals surface area contributed by atoms with Crippen LogP contribution in [-0.4, -0.2) is 28.8 Å². The van der Waals surface area contributed by atoms with Gasteiger partial charge in [-0.1, -0.05) is 5.57 Å². The van der Waals surface area contributed by atoms with Gasteiger partial charge in [0.2, 0.25) is 0 Å². The van der Waals surface area contributed by atoms with Gasteiger partial charge in [0.1, 0.15) is 5.60 Å². The van der Waals surface area contributed by atoms with Gasteiger partial charge in [-0.3, -0.25) is 9.59 Å². The van der Waals surface area contributed by atoms with Crippen molar-refractivity contribution in [1.82, 2.24) is 0 Å². The molecule has 2 unspecified atom stereocenters. The molecule has 0 aromatic heterocycles. The first-order valence-electron chi connectivity index (χ1n) is 6.89. The van der Waals surface area contributed by atoms with E-state index < -0.39 is 48.4 Å². The zero-order valence-corrected chi connectivity index (χ0v) is 13.3. The Morgan fingerprint density at radius 2 is 1.68 bits per heavy atom. The van der Waals surface area contributed by atoms with E-state index in [0.29, 0.717) is 5.57 Å². The van der Waals surface area contributed by atoms with Gasteiger partial charge in [0, 0.05) is 6.42 Å². The molecule has 7 heteroatoms. The van der Waals surface area contributed by atoms with Crippen molar-refractivity contribution in [1.29, 1.82) is 0 Å².